The van der Waals surface area contributed by atoms with Crippen LogP contribution in [0.5, 0.6) is 0 Å². The Bertz CT molecular complexity index is 1010. The molecule has 1 N–H and O–H groups in total. The highest BCUT2D eigenvalue weighted by Crippen LogP contribution is 2.19. The van der Waals surface area contributed by atoms with Gasteiger partial charge in [0.25, 0.3) is 0 Å². The minimum atomic E-state index is -3.73. The van der Waals surface area contributed by atoms with Crippen LogP contribution in [0.4, 0.5) is 0 Å². The second-order valence-corrected chi connectivity index (χ2v) is 7.63. The lowest BCUT2D eigenvalue weighted by Crippen LogP contribution is -2.27. The Morgan fingerprint density at radius 1 is 1.11 bits per heavy atom. The van der Waals surface area contributed by atoms with Crippen molar-refractivity contribution in [1.29, 1.82) is 0 Å². The Morgan fingerprint density at radius 2 is 1.78 bits per heavy atom. The van der Waals surface area contributed by atoms with Gasteiger partial charge in [0.2, 0.25) is 10.0 Å². The van der Waals surface area contributed by atoms with Gasteiger partial charge >= 0.3 is 5.97 Å². The Kier molecular flexibility index (Phi) is 5.38. The van der Waals surface area contributed by atoms with E-state index in [9.17, 15) is 13.2 Å². The number of hydrogen-bond donors (Lipinski definition) is 1. The average molecular weight is 385 g/mol. The van der Waals surface area contributed by atoms with Crippen LogP contribution in [0, 0.1) is 0 Å². The van der Waals surface area contributed by atoms with E-state index in [1.165, 1.54) is 31.4 Å². The normalized spacial score (nSPS) is 12.5. The summed E-state index contributed by atoms with van der Waals surface area (Å²) >= 11 is 0. The quantitative estimate of drug-likeness (QED) is 0.659. The van der Waals surface area contributed by atoms with Crippen LogP contribution in [-0.4, -0.2) is 31.0 Å². The van der Waals surface area contributed by atoms with E-state index >= 15 is 0 Å². The summed E-state index contributed by atoms with van der Waals surface area (Å²) in [6.45, 7) is 1.77. The fourth-order valence-corrected chi connectivity index (χ4v) is 3.84. The topological polar surface area (TPSA) is 90.3 Å². The maximum Gasteiger partial charge on any atom is 0.337 e. The highest BCUT2D eigenvalue weighted by molar-refractivity contribution is 7.89. The van der Waals surface area contributed by atoms with E-state index in [0.717, 1.165) is 11.3 Å². The smallest absolute Gasteiger partial charge is 0.337 e. The fourth-order valence-electron chi connectivity index (χ4n) is 2.60. The highest BCUT2D eigenvalue weighted by Gasteiger charge is 2.19. The van der Waals surface area contributed by atoms with Crippen molar-refractivity contribution in [3.05, 3.63) is 78.4 Å². The Labute approximate surface area is 157 Å². The largest absolute Gasteiger partial charge is 0.465 e. The van der Waals surface area contributed by atoms with Gasteiger partial charge in [-0.1, -0.05) is 12.1 Å². The molecule has 0 spiro atoms. The summed E-state index contributed by atoms with van der Waals surface area (Å²) in [6.07, 6.45) is 5.22. The van der Waals surface area contributed by atoms with E-state index < -0.39 is 22.0 Å². The molecule has 1 unspecified atom stereocenters. The van der Waals surface area contributed by atoms with Gasteiger partial charge in [0, 0.05) is 24.1 Å². The van der Waals surface area contributed by atoms with E-state index in [4.69, 9.17) is 0 Å². The molecule has 3 rings (SSSR count). The molecule has 3 aromatic rings. The molecule has 0 radical (unpaired) electrons. The summed E-state index contributed by atoms with van der Waals surface area (Å²) < 4.78 is 34.3. The standard InChI is InChI=1S/C19H19N3O4S/c1-14(15-3-7-17(8-4-15)22-12-11-20-13-22)21-27(24,25)18-9-5-16(6-10-18)19(23)26-2/h3-14,21H,1-2H3. The molecule has 140 valence electrons. The highest BCUT2D eigenvalue weighted by atomic mass is 32.2. The third-order valence-electron chi connectivity index (χ3n) is 4.11. The Balaban J connectivity index is 1.74. The Morgan fingerprint density at radius 3 is 2.33 bits per heavy atom. The lowest BCUT2D eigenvalue weighted by atomic mass is 10.1. The lowest BCUT2D eigenvalue weighted by molar-refractivity contribution is 0.0600. The third kappa shape index (κ3) is 4.24. The number of carbonyl (C=O) groups is 1. The van der Waals surface area contributed by atoms with E-state index in [2.05, 4.69) is 14.4 Å². The number of imidazole rings is 1. The van der Waals surface area contributed by atoms with Crippen LogP contribution in [0.1, 0.15) is 28.9 Å². The van der Waals surface area contributed by atoms with Crippen molar-refractivity contribution in [3.63, 3.8) is 0 Å². The van der Waals surface area contributed by atoms with E-state index in [1.54, 1.807) is 19.4 Å². The van der Waals surface area contributed by atoms with Gasteiger partial charge in [0.05, 0.1) is 23.9 Å². The molecule has 0 aliphatic carbocycles. The minimum Gasteiger partial charge on any atom is -0.465 e. The molecule has 1 atom stereocenters. The average Bonchev–Trinajstić information content (AvgIpc) is 3.22. The molecule has 0 amide bonds. The SMILES string of the molecule is COC(=O)c1ccc(S(=O)(=O)NC(C)c2ccc(-n3ccnc3)cc2)cc1. The van der Waals surface area contributed by atoms with E-state index in [-0.39, 0.29) is 4.90 Å². The molecule has 8 heteroatoms. The summed E-state index contributed by atoms with van der Waals surface area (Å²) in [5.41, 5.74) is 2.05. The number of nitrogens with one attached hydrogen (secondary N) is 1. The first kappa shape index (κ1) is 18.8. The first-order chi connectivity index (χ1) is 12.9. The third-order valence-corrected chi connectivity index (χ3v) is 5.67. The number of benzene rings is 2. The number of esters is 1. The molecule has 0 aliphatic rings. The van der Waals surface area contributed by atoms with E-state index in [1.807, 2.05) is 35.0 Å². The van der Waals surface area contributed by atoms with Gasteiger partial charge in [-0.2, -0.15) is 0 Å². The molecule has 0 bridgehead atoms. The van der Waals surface area contributed by atoms with Gasteiger partial charge in [0.15, 0.2) is 0 Å². The zero-order chi connectivity index (χ0) is 19.4. The number of rotatable bonds is 6. The van der Waals surface area contributed by atoms with Crippen LogP contribution >= 0.6 is 0 Å². The molecule has 7 nitrogen and oxygen atoms in total. The Hall–Kier alpha value is -2.97. The molecule has 0 aliphatic heterocycles. The van der Waals surface area contributed by atoms with Crippen LogP contribution in [-0.2, 0) is 14.8 Å². The fraction of sp³-hybridized carbons (Fsp3) is 0.158. The molecule has 1 aromatic heterocycles. The number of hydrogen-bond acceptors (Lipinski definition) is 5. The van der Waals surface area contributed by atoms with Gasteiger partial charge in [-0.3, -0.25) is 0 Å². The predicted molar refractivity (Wildman–Crippen MR) is 100 cm³/mol. The molecular weight excluding hydrogens is 366 g/mol. The van der Waals surface area contributed by atoms with Crippen molar-refractivity contribution in [2.24, 2.45) is 0 Å². The van der Waals surface area contributed by atoms with Crippen molar-refractivity contribution in [2.45, 2.75) is 17.9 Å². The summed E-state index contributed by atoms with van der Waals surface area (Å²) in [5, 5.41) is 0. The first-order valence-corrected chi connectivity index (χ1v) is 9.68. The summed E-state index contributed by atoms with van der Waals surface area (Å²) in [4.78, 5) is 15.5. The van der Waals surface area contributed by atoms with Gasteiger partial charge in [-0.15, -0.1) is 0 Å². The summed E-state index contributed by atoms with van der Waals surface area (Å²) in [5.74, 6) is -0.516. The number of aromatic nitrogens is 2. The number of carbonyl (C=O) groups excluding carboxylic acids is 1. The zero-order valence-electron chi connectivity index (χ0n) is 14.9. The molecular formula is C19H19N3O4S. The van der Waals surface area contributed by atoms with Crippen molar-refractivity contribution >= 4 is 16.0 Å². The number of ether oxygens (including phenoxy) is 1. The zero-order valence-corrected chi connectivity index (χ0v) is 15.7. The predicted octanol–water partition coefficient (Wildman–Crippen LogP) is 2.70. The van der Waals surface area contributed by atoms with E-state index in [0.29, 0.717) is 5.56 Å². The number of sulfonamides is 1. The molecule has 1 heterocycles. The number of methoxy groups -OCH3 is 1. The van der Waals surface area contributed by atoms with Gasteiger partial charge < -0.3 is 9.30 Å². The van der Waals surface area contributed by atoms with Gasteiger partial charge in [0.1, 0.15) is 0 Å². The van der Waals surface area contributed by atoms with Crippen molar-refractivity contribution in [2.75, 3.05) is 7.11 Å². The summed E-state index contributed by atoms with van der Waals surface area (Å²) in [6, 6.07) is 12.7. The maximum atomic E-state index is 12.6. The second-order valence-electron chi connectivity index (χ2n) is 5.92. The number of nitrogens with zero attached hydrogens (tertiary/aromatic N) is 2. The summed E-state index contributed by atoms with van der Waals surface area (Å²) in [7, 11) is -2.46. The molecule has 0 saturated carbocycles. The van der Waals surface area contributed by atoms with Crippen LogP contribution in [0.15, 0.2) is 72.1 Å². The molecule has 27 heavy (non-hydrogen) atoms. The minimum absolute atomic E-state index is 0.0806. The monoisotopic (exact) mass is 385 g/mol. The first-order valence-electron chi connectivity index (χ1n) is 8.20. The van der Waals surface area contributed by atoms with Crippen LogP contribution in [0.3, 0.4) is 0 Å². The van der Waals surface area contributed by atoms with Crippen molar-refractivity contribution in [3.8, 4) is 5.69 Å². The maximum absolute atomic E-state index is 12.6. The van der Waals surface area contributed by atoms with Crippen LogP contribution in [0.25, 0.3) is 5.69 Å². The van der Waals surface area contributed by atoms with Gasteiger partial charge in [-0.05, 0) is 48.9 Å². The van der Waals surface area contributed by atoms with Crippen LogP contribution in [0.2, 0.25) is 0 Å². The molecule has 2 aromatic carbocycles. The second kappa shape index (κ2) is 7.73. The molecule has 0 saturated heterocycles. The molecule has 0 fully saturated rings. The van der Waals surface area contributed by atoms with Crippen LogP contribution < -0.4 is 4.72 Å². The van der Waals surface area contributed by atoms with Crippen molar-refractivity contribution < 1.29 is 17.9 Å². The lowest BCUT2D eigenvalue weighted by Gasteiger charge is -2.15. The van der Waals surface area contributed by atoms with Crippen molar-refractivity contribution in [1.82, 2.24) is 14.3 Å². The van der Waals surface area contributed by atoms with Gasteiger partial charge in [-0.25, -0.2) is 22.9 Å².